The third-order valence-electron chi connectivity index (χ3n) is 2.53. The number of anilines is 1. The minimum atomic E-state index is -4.40. The lowest BCUT2D eigenvalue weighted by Gasteiger charge is -2.11. The van der Waals surface area contributed by atoms with E-state index in [0.29, 0.717) is 15.8 Å². The van der Waals surface area contributed by atoms with E-state index >= 15 is 0 Å². The molecule has 0 bridgehead atoms. The number of aromatic nitrogens is 1. The number of nitrogens with one attached hydrogen (secondary N) is 1. The second-order valence-electron chi connectivity index (χ2n) is 4.15. The Balaban J connectivity index is 2.45. The first-order chi connectivity index (χ1) is 9.40. The van der Waals surface area contributed by atoms with Crippen LogP contribution in [0.4, 0.5) is 19.0 Å². The molecule has 0 amide bonds. The van der Waals surface area contributed by atoms with Gasteiger partial charge in [0.25, 0.3) is 0 Å². The highest BCUT2D eigenvalue weighted by molar-refractivity contribution is 7.19. The Bertz CT molecular complexity index is 596. The Morgan fingerprint density at radius 3 is 2.60 bits per heavy atom. The van der Waals surface area contributed by atoms with Crippen molar-refractivity contribution in [2.45, 2.75) is 19.5 Å². The third kappa shape index (κ3) is 3.64. The molecular formula is C13H12ClF3N2S. The van der Waals surface area contributed by atoms with Crippen molar-refractivity contribution in [3.8, 4) is 10.6 Å². The summed E-state index contributed by atoms with van der Waals surface area (Å²) in [7, 11) is 0. The maximum atomic E-state index is 12.9. The van der Waals surface area contributed by atoms with Gasteiger partial charge in [-0.15, -0.1) is 11.3 Å². The number of nitrogens with zero attached hydrogens (tertiary/aromatic N) is 1. The van der Waals surface area contributed by atoms with Crippen molar-refractivity contribution in [1.82, 2.24) is 4.98 Å². The van der Waals surface area contributed by atoms with Crippen molar-refractivity contribution in [2.24, 2.45) is 0 Å². The van der Waals surface area contributed by atoms with Crippen LogP contribution in [-0.4, -0.2) is 11.5 Å². The molecule has 0 aliphatic rings. The first kappa shape index (κ1) is 15.1. The third-order valence-corrected chi connectivity index (χ3v) is 3.79. The highest BCUT2D eigenvalue weighted by Gasteiger charge is 2.31. The Hall–Kier alpha value is -1.27. The summed E-state index contributed by atoms with van der Waals surface area (Å²) in [5.41, 5.74) is -0.444. The Morgan fingerprint density at radius 2 is 2.05 bits per heavy atom. The normalized spacial score (nSPS) is 11.7. The SMILES string of the molecule is CCCNc1cc(C(F)(F)F)cc(-c2ccc(Cl)s2)n1. The molecule has 7 heteroatoms. The van der Waals surface area contributed by atoms with Gasteiger partial charge in [-0.1, -0.05) is 18.5 Å². The van der Waals surface area contributed by atoms with Crippen LogP contribution in [0, 0.1) is 0 Å². The smallest absolute Gasteiger partial charge is 0.370 e. The van der Waals surface area contributed by atoms with Crippen LogP contribution in [0.25, 0.3) is 10.6 Å². The molecule has 2 aromatic heterocycles. The number of hydrogen-bond acceptors (Lipinski definition) is 3. The van der Waals surface area contributed by atoms with E-state index in [4.69, 9.17) is 11.6 Å². The van der Waals surface area contributed by atoms with Crippen LogP contribution in [0.1, 0.15) is 18.9 Å². The largest absolute Gasteiger partial charge is 0.416 e. The Morgan fingerprint density at radius 1 is 1.30 bits per heavy atom. The number of hydrogen-bond donors (Lipinski definition) is 1. The lowest BCUT2D eigenvalue weighted by atomic mass is 10.2. The minimum Gasteiger partial charge on any atom is -0.370 e. The van der Waals surface area contributed by atoms with Gasteiger partial charge in [0.05, 0.1) is 20.5 Å². The molecule has 20 heavy (non-hydrogen) atoms. The fourth-order valence-corrected chi connectivity index (χ4v) is 2.62. The first-order valence-electron chi connectivity index (χ1n) is 5.99. The number of pyridine rings is 1. The first-order valence-corrected chi connectivity index (χ1v) is 7.18. The van der Waals surface area contributed by atoms with Gasteiger partial charge in [0.1, 0.15) is 5.82 Å². The monoisotopic (exact) mass is 320 g/mol. The van der Waals surface area contributed by atoms with Gasteiger partial charge in [0, 0.05) is 6.54 Å². The van der Waals surface area contributed by atoms with E-state index in [9.17, 15) is 13.2 Å². The summed E-state index contributed by atoms with van der Waals surface area (Å²) in [5, 5.41) is 2.88. The zero-order valence-corrected chi connectivity index (χ0v) is 12.2. The summed E-state index contributed by atoms with van der Waals surface area (Å²) in [4.78, 5) is 4.82. The van der Waals surface area contributed by atoms with Crippen LogP contribution in [0.5, 0.6) is 0 Å². The molecule has 2 aromatic rings. The van der Waals surface area contributed by atoms with Gasteiger partial charge in [-0.05, 0) is 30.7 Å². The quantitative estimate of drug-likeness (QED) is 0.826. The van der Waals surface area contributed by atoms with Crippen LogP contribution >= 0.6 is 22.9 Å². The molecule has 0 saturated heterocycles. The molecule has 2 heterocycles. The highest BCUT2D eigenvalue weighted by Crippen LogP contribution is 2.36. The van der Waals surface area contributed by atoms with Crippen molar-refractivity contribution in [2.75, 3.05) is 11.9 Å². The number of thiophene rings is 1. The molecule has 0 spiro atoms. The maximum Gasteiger partial charge on any atom is 0.416 e. The summed E-state index contributed by atoms with van der Waals surface area (Å²) in [6, 6.07) is 5.37. The van der Waals surface area contributed by atoms with Crippen molar-refractivity contribution >= 4 is 28.8 Å². The average Bonchev–Trinajstić information content (AvgIpc) is 2.82. The van der Waals surface area contributed by atoms with Crippen LogP contribution in [0.3, 0.4) is 0 Å². The Kier molecular flexibility index (Phi) is 4.55. The molecule has 0 radical (unpaired) electrons. The standard InChI is InChI=1S/C13H12ClF3N2S/c1-2-5-18-12-7-8(13(15,16)17)6-9(19-12)10-3-4-11(14)20-10/h3-4,6-7H,2,5H2,1H3,(H,18,19). The summed E-state index contributed by atoms with van der Waals surface area (Å²) in [6.07, 6.45) is -3.60. The second-order valence-corrected chi connectivity index (χ2v) is 5.87. The van der Waals surface area contributed by atoms with E-state index in [-0.39, 0.29) is 11.5 Å². The van der Waals surface area contributed by atoms with E-state index < -0.39 is 11.7 Å². The van der Waals surface area contributed by atoms with Crippen LogP contribution in [0.15, 0.2) is 24.3 Å². The van der Waals surface area contributed by atoms with Crippen LogP contribution in [-0.2, 0) is 6.18 Å². The summed E-state index contributed by atoms with van der Waals surface area (Å²) < 4.78 is 39.3. The number of halogens is 4. The van der Waals surface area contributed by atoms with E-state index in [1.54, 1.807) is 12.1 Å². The van der Waals surface area contributed by atoms with Gasteiger partial charge in [0.15, 0.2) is 0 Å². The molecule has 0 aliphatic heterocycles. The lowest BCUT2D eigenvalue weighted by Crippen LogP contribution is -2.09. The molecule has 0 fully saturated rings. The molecule has 0 atom stereocenters. The molecule has 0 saturated carbocycles. The highest BCUT2D eigenvalue weighted by atomic mass is 35.5. The zero-order valence-electron chi connectivity index (χ0n) is 10.6. The van der Waals surface area contributed by atoms with Crippen molar-refractivity contribution in [3.63, 3.8) is 0 Å². The molecule has 0 aromatic carbocycles. The van der Waals surface area contributed by atoms with E-state index in [0.717, 1.165) is 18.6 Å². The molecule has 0 unspecified atom stereocenters. The molecule has 2 nitrogen and oxygen atoms in total. The van der Waals surface area contributed by atoms with Crippen molar-refractivity contribution in [1.29, 1.82) is 0 Å². The van der Waals surface area contributed by atoms with Gasteiger partial charge in [-0.2, -0.15) is 13.2 Å². The fourth-order valence-electron chi connectivity index (χ4n) is 1.62. The lowest BCUT2D eigenvalue weighted by molar-refractivity contribution is -0.137. The summed E-state index contributed by atoms with van der Waals surface area (Å²) in [5.74, 6) is 0.223. The van der Waals surface area contributed by atoms with Gasteiger partial charge in [0.2, 0.25) is 0 Å². The Labute approximate surface area is 123 Å². The number of rotatable bonds is 4. The predicted molar refractivity (Wildman–Crippen MR) is 76.3 cm³/mol. The maximum absolute atomic E-state index is 12.9. The van der Waals surface area contributed by atoms with Crippen LogP contribution < -0.4 is 5.32 Å². The van der Waals surface area contributed by atoms with Gasteiger partial charge in [-0.3, -0.25) is 0 Å². The van der Waals surface area contributed by atoms with Crippen LogP contribution in [0.2, 0.25) is 4.34 Å². The molecular weight excluding hydrogens is 309 g/mol. The van der Waals surface area contributed by atoms with Gasteiger partial charge < -0.3 is 5.32 Å². The molecule has 2 rings (SSSR count). The van der Waals surface area contributed by atoms with Crippen molar-refractivity contribution < 1.29 is 13.2 Å². The second kappa shape index (κ2) is 6.01. The van der Waals surface area contributed by atoms with E-state index in [1.165, 1.54) is 11.3 Å². The fraction of sp³-hybridized carbons (Fsp3) is 0.308. The van der Waals surface area contributed by atoms with Gasteiger partial charge in [-0.25, -0.2) is 4.98 Å². The summed E-state index contributed by atoms with van der Waals surface area (Å²) in [6.45, 7) is 2.50. The van der Waals surface area contributed by atoms with Crippen molar-refractivity contribution in [3.05, 3.63) is 34.2 Å². The molecule has 0 aliphatic carbocycles. The predicted octanol–water partition coefficient (Wildman–Crippen LogP) is 5.30. The van der Waals surface area contributed by atoms with E-state index in [1.807, 2.05) is 6.92 Å². The topological polar surface area (TPSA) is 24.9 Å². The van der Waals surface area contributed by atoms with Gasteiger partial charge >= 0.3 is 6.18 Å². The number of alkyl halides is 3. The minimum absolute atomic E-state index is 0.223. The van der Waals surface area contributed by atoms with E-state index in [2.05, 4.69) is 10.3 Å². The molecule has 108 valence electrons. The summed E-state index contributed by atoms with van der Waals surface area (Å²) >= 11 is 7.02. The molecule has 1 N–H and O–H groups in total. The average molecular weight is 321 g/mol. The zero-order chi connectivity index (χ0) is 14.8.